The first kappa shape index (κ1) is 16.5. The van der Waals surface area contributed by atoms with Crippen molar-refractivity contribution in [2.45, 2.75) is 70.9 Å². The second-order valence-corrected chi connectivity index (χ2v) is 6.21. The first-order valence-electron chi connectivity index (χ1n) is 8.77. The molecule has 21 heavy (non-hydrogen) atoms. The zero-order chi connectivity index (χ0) is 14.9. The maximum absolute atomic E-state index is 5.77. The Morgan fingerprint density at radius 3 is 2.62 bits per heavy atom. The van der Waals surface area contributed by atoms with Crippen LogP contribution in [0.5, 0.6) is 0 Å². The molecule has 1 aliphatic rings. The fourth-order valence-electron chi connectivity index (χ4n) is 3.14. The highest BCUT2D eigenvalue weighted by Crippen LogP contribution is 2.24. The minimum Gasteiger partial charge on any atom is -0.378 e. The standard InChI is InChI=1S/C19H31NO/c1-3-6-16-8-10-17(11-9-16)19(20-14-4-2)13-12-18-7-5-15-21-18/h8-11,18-20H,3-7,12-15H2,1-2H3. The van der Waals surface area contributed by atoms with Gasteiger partial charge in [0, 0.05) is 12.6 Å². The Kier molecular flexibility index (Phi) is 7.25. The Morgan fingerprint density at radius 2 is 2.00 bits per heavy atom. The molecule has 0 radical (unpaired) electrons. The molecule has 2 nitrogen and oxygen atoms in total. The lowest BCUT2D eigenvalue weighted by atomic mass is 9.97. The average molecular weight is 289 g/mol. The summed E-state index contributed by atoms with van der Waals surface area (Å²) in [5, 5.41) is 3.71. The van der Waals surface area contributed by atoms with Crippen LogP contribution in [-0.4, -0.2) is 19.3 Å². The van der Waals surface area contributed by atoms with E-state index in [1.54, 1.807) is 0 Å². The monoisotopic (exact) mass is 289 g/mol. The third-order valence-electron chi connectivity index (χ3n) is 4.36. The Hall–Kier alpha value is -0.860. The van der Waals surface area contributed by atoms with E-state index in [-0.39, 0.29) is 0 Å². The van der Waals surface area contributed by atoms with Crippen LogP contribution in [0.2, 0.25) is 0 Å². The first-order valence-corrected chi connectivity index (χ1v) is 8.77. The molecule has 1 N–H and O–H groups in total. The van der Waals surface area contributed by atoms with E-state index in [0.29, 0.717) is 12.1 Å². The van der Waals surface area contributed by atoms with Crippen LogP contribution in [0.4, 0.5) is 0 Å². The van der Waals surface area contributed by atoms with E-state index >= 15 is 0 Å². The summed E-state index contributed by atoms with van der Waals surface area (Å²) in [4.78, 5) is 0. The van der Waals surface area contributed by atoms with Crippen molar-refractivity contribution < 1.29 is 4.74 Å². The lowest BCUT2D eigenvalue weighted by Crippen LogP contribution is -2.23. The molecule has 1 aliphatic heterocycles. The van der Waals surface area contributed by atoms with Gasteiger partial charge >= 0.3 is 0 Å². The number of hydrogen-bond donors (Lipinski definition) is 1. The van der Waals surface area contributed by atoms with E-state index in [1.807, 2.05) is 0 Å². The number of ether oxygens (including phenoxy) is 1. The zero-order valence-corrected chi connectivity index (χ0v) is 13.7. The summed E-state index contributed by atoms with van der Waals surface area (Å²) >= 11 is 0. The molecule has 0 saturated carbocycles. The molecule has 0 aromatic heterocycles. The molecule has 1 saturated heterocycles. The van der Waals surface area contributed by atoms with Gasteiger partial charge in [-0.15, -0.1) is 0 Å². The van der Waals surface area contributed by atoms with E-state index in [0.717, 1.165) is 13.2 Å². The molecule has 2 atom stereocenters. The topological polar surface area (TPSA) is 21.3 Å². The zero-order valence-electron chi connectivity index (χ0n) is 13.7. The maximum Gasteiger partial charge on any atom is 0.0576 e. The Balaban J connectivity index is 1.92. The molecule has 1 fully saturated rings. The third-order valence-corrected chi connectivity index (χ3v) is 4.36. The smallest absolute Gasteiger partial charge is 0.0576 e. The van der Waals surface area contributed by atoms with Crippen LogP contribution in [0, 0.1) is 0 Å². The van der Waals surface area contributed by atoms with Crippen molar-refractivity contribution in [1.29, 1.82) is 0 Å². The Labute approximate surface area is 130 Å². The minimum absolute atomic E-state index is 0.477. The maximum atomic E-state index is 5.77. The van der Waals surface area contributed by atoms with Gasteiger partial charge in [0.1, 0.15) is 0 Å². The SMILES string of the molecule is CCCNC(CCC1CCCO1)c1ccc(CCC)cc1. The van der Waals surface area contributed by atoms with Crippen molar-refractivity contribution in [2.75, 3.05) is 13.2 Å². The lowest BCUT2D eigenvalue weighted by molar-refractivity contribution is 0.0996. The van der Waals surface area contributed by atoms with E-state index in [1.165, 1.54) is 56.1 Å². The van der Waals surface area contributed by atoms with Crippen molar-refractivity contribution >= 4 is 0 Å². The molecule has 2 heteroatoms. The predicted molar refractivity (Wildman–Crippen MR) is 89.7 cm³/mol. The summed E-state index contributed by atoms with van der Waals surface area (Å²) in [6.45, 7) is 6.52. The van der Waals surface area contributed by atoms with Crippen molar-refractivity contribution in [3.05, 3.63) is 35.4 Å². The average Bonchev–Trinajstić information content (AvgIpc) is 3.02. The fraction of sp³-hybridized carbons (Fsp3) is 0.684. The van der Waals surface area contributed by atoms with Gasteiger partial charge in [-0.05, 0) is 56.2 Å². The van der Waals surface area contributed by atoms with Gasteiger partial charge in [0.25, 0.3) is 0 Å². The van der Waals surface area contributed by atoms with Crippen LogP contribution in [0.1, 0.15) is 69.5 Å². The summed E-state index contributed by atoms with van der Waals surface area (Å²) in [6.07, 6.45) is 8.92. The molecule has 118 valence electrons. The third kappa shape index (κ3) is 5.44. The number of nitrogens with one attached hydrogen (secondary N) is 1. The molecule has 0 bridgehead atoms. The van der Waals surface area contributed by atoms with Gasteiger partial charge in [-0.3, -0.25) is 0 Å². The van der Waals surface area contributed by atoms with Gasteiger partial charge in [0.05, 0.1) is 6.10 Å². The van der Waals surface area contributed by atoms with Crippen molar-refractivity contribution in [3.63, 3.8) is 0 Å². The van der Waals surface area contributed by atoms with Gasteiger partial charge in [-0.1, -0.05) is 44.5 Å². The molecule has 0 amide bonds. The highest BCUT2D eigenvalue weighted by atomic mass is 16.5. The van der Waals surface area contributed by atoms with Crippen molar-refractivity contribution in [1.82, 2.24) is 5.32 Å². The van der Waals surface area contributed by atoms with Crippen LogP contribution in [-0.2, 0) is 11.2 Å². The number of rotatable bonds is 9. The van der Waals surface area contributed by atoms with Gasteiger partial charge in [0.2, 0.25) is 0 Å². The van der Waals surface area contributed by atoms with Gasteiger partial charge in [-0.2, -0.15) is 0 Å². The van der Waals surface area contributed by atoms with Crippen LogP contribution < -0.4 is 5.32 Å². The highest BCUT2D eigenvalue weighted by Gasteiger charge is 2.18. The quantitative estimate of drug-likeness (QED) is 0.715. The fourth-order valence-corrected chi connectivity index (χ4v) is 3.14. The van der Waals surface area contributed by atoms with E-state index in [2.05, 4.69) is 43.4 Å². The Morgan fingerprint density at radius 1 is 1.19 bits per heavy atom. The summed E-state index contributed by atoms with van der Waals surface area (Å²) in [6, 6.07) is 9.70. The van der Waals surface area contributed by atoms with Gasteiger partial charge < -0.3 is 10.1 Å². The molecule has 0 spiro atoms. The molecule has 1 aromatic rings. The second kappa shape index (κ2) is 9.22. The van der Waals surface area contributed by atoms with Crippen LogP contribution >= 0.6 is 0 Å². The minimum atomic E-state index is 0.477. The molecule has 2 unspecified atom stereocenters. The second-order valence-electron chi connectivity index (χ2n) is 6.21. The summed E-state index contributed by atoms with van der Waals surface area (Å²) in [5.41, 5.74) is 2.89. The number of hydrogen-bond acceptors (Lipinski definition) is 2. The van der Waals surface area contributed by atoms with Crippen molar-refractivity contribution in [2.24, 2.45) is 0 Å². The van der Waals surface area contributed by atoms with Gasteiger partial charge in [-0.25, -0.2) is 0 Å². The molecule has 0 aliphatic carbocycles. The Bertz CT molecular complexity index is 381. The largest absolute Gasteiger partial charge is 0.378 e. The first-order chi connectivity index (χ1) is 10.3. The number of benzene rings is 1. The van der Waals surface area contributed by atoms with Crippen LogP contribution in [0.3, 0.4) is 0 Å². The normalized spacial score (nSPS) is 19.8. The molecular weight excluding hydrogens is 258 g/mol. The van der Waals surface area contributed by atoms with E-state index in [9.17, 15) is 0 Å². The van der Waals surface area contributed by atoms with E-state index < -0.39 is 0 Å². The predicted octanol–water partition coefficient (Wildman–Crippen LogP) is 4.64. The number of aryl methyl sites for hydroxylation is 1. The van der Waals surface area contributed by atoms with E-state index in [4.69, 9.17) is 4.74 Å². The highest BCUT2D eigenvalue weighted by molar-refractivity contribution is 5.25. The van der Waals surface area contributed by atoms with Crippen molar-refractivity contribution in [3.8, 4) is 0 Å². The van der Waals surface area contributed by atoms with Crippen LogP contribution in [0.15, 0.2) is 24.3 Å². The molecular formula is C19H31NO. The summed E-state index contributed by atoms with van der Waals surface area (Å²) in [5.74, 6) is 0. The lowest BCUT2D eigenvalue weighted by Gasteiger charge is -2.21. The molecule has 1 heterocycles. The summed E-state index contributed by atoms with van der Waals surface area (Å²) in [7, 11) is 0. The van der Waals surface area contributed by atoms with Crippen LogP contribution in [0.25, 0.3) is 0 Å². The molecule has 1 aromatic carbocycles. The van der Waals surface area contributed by atoms with Gasteiger partial charge in [0.15, 0.2) is 0 Å². The molecule has 2 rings (SSSR count). The summed E-state index contributed by atoms with van der Waals surface area (Å²) < 4.78 is 5.77.